The summed E-state index contributed by atoms with van der Waals surface area (Å²) < 4.78 is 12.1. The number of ether oxygens (including phenoxy) is 1. The van der Waals surface area contributed by atoms with Gasteiger partial charge in [-0.25, -0.2) is 14.3 Å². The number of aryl methyl sites for hydroxylation is 1. The van der Waals surface area contributed by atoms with Crippen LogP contribution in [0.25, 0.3) is 16.6 Å². The Hall–Kier alpha value is -3.68. The number of aromatic nitrogens is 3. The fourth-order valence-corrected chi connectivity index (χ4v) is 2.86. The van der Waals surface area contributed by atoms with Gasteiger partial charge in [0, 0.05) is 17.3 Å². The van der Waals surface area contributed by atoms with Gasteiger partial charge in [-0.2, -0.15) is 5.10 Å². The number of rotatable bonds is 4. The van der Waals surface area contributed by atoms with E-state index in [1.165, 1.54) is 13.3 Å². The molecule has 8 nitrogen and oxygen atoms in total. The van der Waals surface area contributed by atoms with E-state index in [1.54, 1.807) is 28.9 Å². The molecular formula is C19H16N4O4. The number of carbonyl (C=O) groups excluding carboxylic acids is 2. The topological polar surface area (TPSA) is 98.7 Å². The highest BCUT2D eigenvalue weighted by molar-refractivity contribution is 6.02. The van der Waals surface area contributed by atoms with E-state index in [-0.39, 0.29) is 12.5 Å². The second kappa shape index (κ2) is 6.56. The molecule has 0 atom stereocenters. The minimum atomic E-state index is -0.474. The number of carbonyl (C=O) groups is 2. The summed E-state index contributed by atoms with van der Waals surface area (Å²) in [7, 11) is 1.32. The first kappa shape index (κ1) is 16.8. The third-order valence-electron chi connectivity index (χ3n) is 4.18. The molecule has 27 heavy (non-hydrogen) atoms. The first-order valence-corrected chi connectivity index (χ1v) is 8.26. The summed E-state index contributed by atoms with van der Waals surface area (Å²) in [5.41, 5.74) is 2.44. The van der Waals surface area contributed by atoms with Crippen LogP contribution in [-0.2, 0) is 11.3 Å². The minimum Gasteiger partial charge on any atom is -0.465 e. The lowest BCUT2D eigenvalue weighted by Gasteiger charge is -2.02. The number of amides is 1. The predicted molar refractivity (Wildman–Crippen MR) is 96.4 cm³/mol. The lowest BCUT2D eigenvalue weighted by atomic mass is 10.1. The largest absolute Gasteiger partial charge is 0.465 e. The van der Waals surface area contributed by atoms with E-state index in [0.29, 0.717) is 28.1 Å². The molecule has 0 fully saturated rings. The second-order valence-corrected chi connectivity index (χ2v) is 6.01. The van der Waals surface area contributed by atoms with Crippen LogP contribution in [0.3, 0.4) is 0 Å². The zero-order valence-electron chi connectivity index (χ0n) is 14.7. The number of furan rings is 1. The van der Waals surface area contributed by atoms with Crippen molar-refractivity contribution in [3.05, 3.63) is 65.3 Å². The van der Waals surface area contributed by atoms with Crippen molar-refractivity contribution in [2.24, 2.45) is 0 Å². The maximum absolute atomic E-state index is 12.5. The lowest BCUT2D eigenvalue weighted by molar-refractivity contribution is 0.0601. The Morgan fingerprint density at radius 3 is 2.93 bits per heavy atom. The Balaban J connectivity index is 1.57. The van der Waals surface area contributed by atoms with Gasteiger partial charge < -0.3 is 14.5 Å². The smallest absolute Gasteiger partial charge is 0.341 e. The Morgan fingerprint density at radius 2 is 2.11 bits per heavy atom. The summed E-state index contributed by atoms with van der Waals surface area (Å²) in [4.78, 5) is 28.7. The Kier molecular flexibility index (Phi) is 4.08. The molecule has 0 radical (unpaired) electrons. The summed E-state index contributed by atoms with van der Waals surface area (Å²) >= 11 is 0. The van der Waals surface area contributed by atoms with Gasteiger partial charge in [-0.3, -0.25) is 4.79 Å². The van der Waals surface area contributed by atoms with Gasteiger partial charge in [0.15, 0.2) is 5.65 Å². The van der Waals surface area contributed by atoms with Gasteiger partial charge in [-0.15, -0.1) is 0 Å². The van der Waals surface area contributed by atoms with Crippen molar-refractivity contribution in [1.29, 1.82) is 0 Å². The third kappa shape index (κ3) is 3.01. The number of fused-ring (bicyclic) bond motifs is 2. The molecule has 1 amide bonds. The fraction of sp³-hybridized carbons (Fsp3) is 0.158. The average Bonchev–Trinajstić information content (AvgIpc) is 3.28. The molecule has 3 aromatic heterocycles. The van der Waals surface area contributed by atoms with Gasteiger partial charge >= 0.3 is 5.97 Å². The number of nitrogens with zero attached hydrogens (tertiary/aromatic N) is 3. The predicted octanol–water partition coefficient (Wildman–Crippen LogP) is 2.50. The number of methoxy groups -OCH3 is 1. The van der Waals surface area contributed by atoms with Gasteiger partial charge in [0.1, 0.15) is 22.5 Å². The summed E-state index contributed by atoms with van der Waals surface area (Å²) in [6.07, 6.45) is 3.23. The monoisotopic (exact) mass is 364 g/mol. The number of esters is 1. The van der Waals surface area contributed by atoms with Crippen molar-refractivity contribution in [3.8, 4) is 0 Å². The molecule has 0 aliphatic rings. The Labute approximate surface area is 153 Å². The lowest BCUT2D eigenvalue weighted by Crippen LogP contribution is -2.22. The van der Waals surface area contributed by atoms with Crippen LogP contribution in [0, 0.1) is 6.92 Å². The normalized spacial score (nSPS) is 11.0. The highest BCUT2D eigenvalue weighted by Gasteiger charge is 2.17. The maximum Gasteiger partial charge on any atom is 0.341 e. The van der Waals surface area contributed by atoms with E-state index in [0.717, 1.165) is 11.1 Å². The van der Waals surface area contributed by atoms with Crippen LogP contribution in [0.1, 0.15) is 32.2 Å². The molecule has 1 N–H and O–H groups in total. The van der Waals surface area contributed by atoms with E-state index < -0.39 is 5.97 Å². The molecule has 8 heteroatoms. The minimum absolute atomic E-state index is 0.164. The van der Waals surface area contributed by atoms with E-state index in [9.17, 15) is 9.59 Å². The van der Waals surface area contributed by atoms with Crippen molar-refractivity contribution in [2.75, 3.05) is 7.11 Å². The molecule has 0 unspecified atom stereocenters. The summed E-state index contributed by atoms with van der Waals surface area (Å²) in [5, 5.41) is 7.68. The van der Waals surface area contributed by atoms with Crippen LogP contribution in [0.2, 0.25) is 0 Å². The summed E-state index contributed by atoms with van der Waals surface area (Å²) in [5.74, 6) is -0.259. The molecule has 0 saturated heterocycles. The van der Waals surface area contributed by atoms with E-state index >= 15 is 0 Å². The molecule has 1 aromatic carbocycles. The molecule has 4 rings (SSSR count). The number of hydrogen-bond donors (Lipinski definition) is 1. The van der Waals surface area contributed by atoms with Crippen molar-refractivity contribution in [3.63, 3.8) is 0 Å². The van der Waals surface area contributed by atoms with Gasteiger partial charge in [0.2, 0.25) is 0 Å². The quantitative estimate of drug-likeness (QED) is 0.559. The Bertz CT molecular complexity index is 1180. The van der Waals surface area contributed by atoms with E-state index in [2.05, 4.69) is 15.4 Å². The summed E-state index contributed by atoms with van der Waals surface area (Å²) in [6.45, 7) is 2.01. The zero-order valence-corrected chi connectivity index (χ0v) is 14.7. The van der Waals surface area contributed by atoms with Crippen LogP contribution in [0.4, 0.5) is 0 Å². The van der Waals surface area contributed by atoms with Gasteiger partial charge in [0.25, 0.3) is 5.91 Å². The molecule has 136 valence electrons. The van der Waals surface area contributed by atoms with Crippen LogP contribution < -0.4 is 5.32 Å². The average molecular weight is 364 g/mol. The molecule has 4 aromatic rings. The third-order valence-corrected chi connectivity index (χ3v) is 4.18. The van der Waals surface area contributed by atoms with Crippen LogP contribution in [0.15, 0.2) is 47.1 Å². The van der Waals surface area contributed by atoms with E-state index in [1.807, 2.05) is 19.1 Å². The molecule has 0 spiro atoms. The van der Waals surface area contributed by atoms with Gasteiger partial charge in [-0.05, 0) is 25.1 Å². The molecule has 0 saturated carbocycles. The van der Waals surface area contributed by atoms with Crippen molar-refractivity contribution >= 4 is 28.5 Å². The standard InChI is InChI=1S/C19H16N4O4/c1-11-6-7-23-17(22-11)15(10-21-23)18(24)20-9-13-8-12-4-3-5-14(16(12)27-13)19(25)26-2/h3-8,10H,9H2,1-2H3,(H,20,24). The molecular weight excluding hydrogens is 348 g/mol. The van der Waals surface area contributed by atoms with Crippen molar-refractivity contribution in [2.45, 2.75) is 13.5 Å². The molecule has 0 aliphatic heterocycles. The molecule has 3 heterocycles. The van der Waals surface area contributed by atoms with Crippen molar-refractivity contribution < 1.29 is 18.7 Å². The zero-order chi connectivity index (χ0) is 19.0. The van der Waals surface area contributed by atoms with Crippen LogP contribution in [-0.4, -0.2) is 33.6 Å². The Morgan fingerprint density at radius 1 is 1.26 bits per heavy atom. The number of hydrogen-bond acceptors (Lipinski definition) is 6. The number of benzene rings is 1. The molecule has 0 bridgehead atoms. The highest BCUT2D eigenvalue weighted by atomic mass is 16.5. The molecule has 0 aliphatic carbocycles. The first-order chi connectivity index (χ1) is 13.1. The first-order valence-electron chi connectivity index (χ1n) is 8.26. The number of para-hydroxylation sites is 1. The SMILES string of the molecule is COC(=O)c1cccc2cc(CNC(=O)c3cnn4ccc(C)nc34)oc12. The highest BCUT2D eigenvalue weighted by Crippen LogP contribution is 2.24. The number of nitrogens with one attached hydrogen (secondary N) is 1. The van der Waals surface area contributed by atoms with Crippen LogP contribution in [0.5, 0.6) is 0 Å². The van der Waals surface area contributed by atoms with Crippen LogP contribution >= 0.6 is 0 Å². The van der Waals surface area contributed by atoms with Crippen molar-refractivity contribution in [1.82, 2.24) is 19.9 Å². The maximum atomic E-state index is 12.5. The van der Waals surface area contributed by atoms with E-state index in [4.69, 9.17) is 9.15 Å². The van der Waals surface area contributed by atoms with Gasteiger partial charge in [0.05, 0.1) is 19.9 Å². The summed E-state index contributed by atoms with van der Waals surface area (Å²) in [6, 6.07) is 8.80. The van der Waals surface area contributed by atoms with Gasteiger partial charge in [-0.1, -0.05) is 12.1 Å². The fourth-order valence-electron chi connectivity index (χ4n) is 2.86. The second-order valence-electron chi connectivity index (χ2n) is 6.01.